The molecule has 6 atom stereocenters. The number of rotatable bonds is 15. The van der Waals surface area contributed by atoms with Crippen LogP contribution in [0.5, 0.6) is 0 Å². The van der Waals surface area contributed by atoms with Crippen LogP contribution in [0, 0.1) is 0 Å². The molecule has 0 bridgehead atoms. The molecule has 0 amide bonds. The summed E-state index contributed by atoms with van der Waals surface area (Å²) in [5.41, 5.74) is 0. The van der Waals surface area contributed by atoms with Gasteiger partial charge in [0.25, 0.3) is 0 Å². The minimum Gasteiger partial charge on any atom is -0.463 e. The molecule has 0 aromatic rings. The largest absolute Gasteiger partial charge is 0.463 e. The Balaban J connectivity index is 2.21. The highest BCUT2D eigenvalue weighted by molar-refractivity contribution is 5.69. The van der Waals surface area contributed by atoms with Crippen molar-refractivity contribution in [2.45, 2.75) is 115 Å². The summed E-state index contributed by atoms with van der Waals surface area (Å²) in [6.07, 6.45) is 3.33. The van der Waals surface area contributed by atoms with Gasteiger partial charge in [-0.15, -0.1) is 0 Å². The van der Waals surface area contributed by atoms with E-state index in [1.165, 1.54) is 45.4 Å². The van der Waals surface area contributed by atoms with Gasteiger partial charge in [-0.3, -0.25) is 4.79 Å². The van der Waals surface area contributed by atoms with Gasteiger partial charge in [0.15, 0.2) is 6.29 Å². The number of aliphatic hydroxyl groups is 4. The van der Waals surface area contributed by atoms with E-state index in [0.29, 0.717) is 6.42 Å². The van der Waals surface area contributed by atoms with Gasteiger partial charge in [-0.2, -0.15) is 0 Å². The first-order chi connectivity index (χ1) is 13.9. The van der Waals surface area contributed by atoms with Crippen LogP contribution in [-0.2, 0) is 19.0 Å². The quantitative estimate of drug-likeness (QED) is 0.233. The molecule has 1 aliphatic heterocycles. The smallest absolute Gasteiger partial charge is 0.305 e. The van der Waals surface area contributed by atoms with Crippen LogP contribution in [0.3, 0.4) is 0 Å². The van der Waals surface area contributed by atoms with Crippen LogP contribution >= 0.6 is 0 Å². The van der Waals surface area contributed by atoms with E-state index in [-0.39, 0.29) is 19.2 Å². The van der Waals surface area contributed by atoms with E-state index in [2.05, 4.69) is 6.92 Å². The van der Waals surface area contributed by atoms with Crippen molar-refractivity contribution >= 4 is 5.97 Å². The van der Waals surface area contributed by atoms with Gasteiger partial charge in [-0.1, -0.05) is 58.3 Å². The molecule has 1 rings (SSSR count). The molecule has 0 aliphatic carbocycles. The zero-order valence-corrected chi connectivity index (χ0v) is 17.9. The average Bonchev–Trinajstić information content (AvgIpc) is 2.69. The third-order valence-electron chi connectivity index (χ3n) is 5.06. The lowest BCUT2D eigenvalue weighted by molar-refractivity contribution is -0.304. The second kappa shape index (κ2) is 15.1. The topological polar surface area (TPSA) is 126 Å². The molecular formula is C21H40O8. The number of hydrogen-bond acceptors (Lipinski definition) is 8. The van der Waals surface area contributed by atoms with E-state index in [1.54, 1.807) is 0 Å². The molecule has 0 spiro atoms. The molecule has 0 aromatic carbocycles. The number of carbonyl (C=O) groups excluding carboxylic acids is 1. The van der Waals surface area contributed by atoms with Gasteiger partial charge < -0.3 is 34.6 Å². The molecule has 8 nitrogen and oxygen atoms in total. The second-order valence-electron chi connectivity index (χ2n) is 7.96. The van der Waals surface area contributed by atoms with E-state index in [9.17, 15) is 25.2 Å². The second-order valence-corrected chi connectivity index (χ2v) is 7.96. The monoisotopic (exact) mass is 420 g/mol. The van der Waals surface area contributed by atoms with Gasteiger partial charge >= 0.3 is 5.97 Å². The van der Waals surface area contributed by atoms with E-state index in [1.807, 2.05) is 0 Å². The molecule has 0 aromatic heterocycles. The van der Waals surface area contributed by atoms with Gasteiger partial charge in [0.05, 0.1) is 12.7 Å². The normalized spacial score (nSPS) is 28.3. The maximum Gasteiger partial charge on any atom is 0.305 e. The first-order valence-electron chi connectivity index (χ1n) is 11.0. The molecule has 2 unspecified atom stereocenters. The summed E-state index contributed by atoms with van der Waals surface area (Å²) < 4.78 is 15.8. The minimum absolute atomic E-state index is 0.102. The van der Waals surface area contributed by atoms with Crippen molar-refractivity contribution in [3.05, 3.63) is 0 Å². The van der Waals surface area contributed by atoms with Crippen molar-refractivity contribution < 1.29 is 39.4 Å². The lowest BCUT2D eigenvalue weighted by Crippen LogP contribution is -2.59. The van der Waals surface area contributed by atoms with Crippen molar-refractivity contribution in [2.24, 2.45) is 0 Å². The first-order valence-corrected chi connectivity index (χ1v) is 11.0. The predicted molar refractivity (Wildman–Crippen MR) is 107 cm³/mol. The average molecular weight is 421 g/mol. The van der Waals surface area contributed by atoms with Gasteiger partial charge in [-0.25, -0.2) is 0 Å². The van der Waals surface area contributed by atoms with Crippen molar-refractivity contribution in [1.82, 2.24) is 0 Å². The Bertz CT molecular complexity index is 431. The number of unbranched alkanes of at least 4 members (excludes halogenated alkanes) is 8. The molecule has 0 radical (unpaired) electrons. The van der Waals surface area contributed by atoms with Crippen LogP contribution in [0.4, 0.5) is 0 Å². The highest BCUT2D eigenvalue weighted by Gasteiger charge is 2.44. The van der Waals surface area contributed by atoms with Crippen LogP contribution in [0.25, 0.3) is 0 Å². The van der Waals surface area contributed by atoms with Gasteiger partial charge in [-0.05, 0) is 13.3 Å². The van der Waals surface area contributed by atoms with Gasteiger partial charge in [0.1, 0.15) is 31.0 Å². The fourth-order valence-electron chi connectivity index (χ4n) is 3.25. The van der Waals surface area contributed by atoms with Crippen LogP contribution in [0.15, 0.2) is 0 Å². The number of esters is 1. The molecule has 29 heavy (non-hydrogen) atoms. The summed E-state index contributed by atoms with van der Waals surface area (Å²) in [6.45, 7) is 3.37. The van der Waals surface area contributed by atoms with E-state index in [4.69, 9.17) is 14.2 Å². The maximum atomic E-state index is 11.9. The van der Waals surface area contributed by atoms with Crippen LogP contribution in [0.2, 0.25) is 0 Å². The van der Waals surface area contributed by atoms with Gasteiger partial charge in [0, 0.05) is 6.42 Å². The van der Waals surface area contributed by atoms with Gasteiger partial charge in [0.2, 0.25) is 0 Å². The molecule has 172 valence electrons. The lowest BCUT2D eigenvalue weighted by atomic mass is 9.99. The molecule has 0 saturated carbocycles. The molecular weight excluding hydrogens is 380 g/mol. The fraction of sp³-hybridized carbons (Fsp3) is 0.952. The van der Waals surface area contributed by atoms with Crippen molar-refractivity contribution in [2.75, 3.05) is 13.2 Å². The van der Waals surface area contributed by atoms with Crippen molar-refractivity contribution in [1.29, 1.82) is 0 Å². The summed E-state index contributed by atoms with van der Waals surface area (Å²) in [5.74, 6) is -0.384. The molecule has 4 N–H and O–H groups in total. The molecule has 1 heterocycles. The molecule has 1 saturated heterocycles. The molecule has 8 heteroatoms. The maximum absolute atomic E-state index is 11.9. The first kappa shape index (κ1) is 26.3. The number of hydrogen-bond donors (Lipinski definition) is 4. The standard InChI is InChI=1S/C21H40O8/c1-3-4-5-6-7-8-9-10-11-12-17(23)27-14-16-18(24)19(25)20(26)21(29-16)28-13-15(2)22/h15-16,18-22,24-26H,3-14H2,1-2H3/t15?,16-,18-,19+,20-,21?/m1/s1. The number of aliphatic hydroxyl groups excluding tert-OH is 4. The van der Waals surface area contributed by atoms with Crippen molar-refractivity contribution in [3.63, 3.8) is 0 Å². The van der Waals surface area contributed by atoms with E-state index < -0.39 is 36.8 Å². The van der Waals surface area contributed by atoms with Crippen LogP contribution < -0.4 is 0 Å². The summed E-state index contributed by atoms with van der Waals surface area (Å²) >= 11 is 0. The summed E-state index contributed by atoms with van der Waals surface area (Å²) in [5, 5.41) is 39.2. The summed E-state index contributed by atoms with van der Waals surface area (Å²) in [4.78, 5) is 11.9. The molecule has 1 fully saturated rings. The highest BCUT2D eigenvalue weighted by Crippen LogP contribution is 2.23. The Labute approximate surface area is 174 Å². The van der Waals surface area contributed by atoms with E-state index >= 15 is 0 Å². The Morgan fingerprint density at radius 3 is 2.10 bits per heavy atom. The third-order valence-corrected chi connectivity index (χ3v) is 5.06. The van der Waals surface area contributed by atoms with Crippen LogP contribution in [-0.4, -0.2) is 76.4 Å². The van der Waals surface area contributed by atoms with Crippen molar-refractivity contribution in [3.8, 4) is 0 Å². The van der Waals surface area contributed by atoms with Crippen LogP contribution in [0.1, 0.15) is 78.1 Å². The number of carbonyl (C=O) groups is 1. The summed E-state index contributed by atoms with van der Waals surface area (Å²) in [7, 11) is 0. The summed E-state index contributed by atoms with van der Waals surface area (Å²) in [6, 6.07) is 0. The number of ether oxygens (including phenoxy) is 3. The van der Waals surface area contributed by atoms with E-state index in [0.717, 1.165) is 19.3 Å². The Morgan fingerprint density at radius 2 is 1.52 bits per heavy atom. The highest BCUT2D eigenvalue weighted by atomic mass is 16.7. The minimum atomic E-state index is -1.50. The predicted octanol–water partition coefficient (Wildman–Crippen LogP) is 1.66. The Kier molecular flexibility index (Phi) is 13.7. The lowest BCUT2D eigenvalue weighted by Gasteiger charge is -2.40. The Morgan fingerprint density at radius 1 is 0.931 bits per heavy atom. The fourth-order valence-corrected chi connectivity index (χ4v) is 3.25. The zero-order valence-electron chi connectivity index (χ0n) is 17.9. The molecule has 1 aliphatic rings. The zero-order chi connectivity index (χ0) is 21.6. The SMILES string of the molecule is CCCCCCCCCCCC(=O)OC[C@H]1OC(OCC(C)O)[C@H](O)[C@@H](O)[C@@H]1O. The third kappa shape index (κ3) is 10.7. The Hall–Kier alpha value is -0.770.